The Morgan fingerprint density at radius 3 is 2.58 bits per heavy atom. The first-order valence-corrected chi connectivity index (χ1v) is 8.44. The highest BCUT2D eigenvalue weighted by Crippen LogP contribution is 2.34. The molecule has 0 saturated carbocycles. The fourth-order valence-corrected chi connectivity index (χ4v) is 2.84. The summed E-state index contributed by atoms with van der Waals surface area (Å²) in [5, 5.41) is -0.348. The average molecular weight is 387 g/mol. The van der Waals surface area contributed by atoms with E-state index in [-0.39, 0.29) is 16.6 Å². The number of aromatic nitrogens is 2. The van der Waals surface area contributed by atoms with Crippen LogP contribution in [0, 0.1) is 6.92 Å². The van der Waals surface area contributed by atoms with Gasteiger partial charge in [0, 0.05) is 13.3 Å². The van der Waals surface area contributed by atoms with Gasteiger partial charge in [0.05, 0.1) is 23.7 Å². The van der Waals surface area contributed by atoms with Crippen LogP contribution in [-0.4, -0.2) is 37.2 Å². The molecule has 0 aliphatic rings. The molecule has 6 nitrogen and oxygen atoms in total. The van der Waals surface area contributed by atoms with Crippen molar-refractivity contribution >= 4 is 32.8 Å². The number of nitrogens with zero attached hydrogens (tertiary/aromatic N) is 2. The number of fused-ring (bicyclic) bond motifs is 1. The van der Waals surface area contributed by atoms with Crippen LogP contribution >= 0.6 is 11.6 Å². The highest BCUT2D eigenvalue weighted by molar-refractivity contribution is 7.88. The maximum absolute atomic E-state index is 12.4. The third kappa shape index (κ3) is 3.45. The van der Waals surface area contributed by atoms with E-state index < -0.39 is 21.5 Å². The molecule has 0 spiro atoms. The zero-order valence-corrected chi connectivity index (χ0v) is 14.5. The number of aryl methyl sites for hydroxylation is 1. The topological polar surface area (TPSA) is 70.4 Å². The van der Waals surface area contributed by atoms with E-state index in [1.165, 1.54) is 13.2 Å². The van der Waals surface area contributed by atoms with Crippen molar-refractivity contribution in [2.45, 2.75) is 25.4 Å². The molecule has 0 aliphatic heterocycles. The minimum absolute atomic E-state index is 0.0882. The standard InChI is InChI=1S/C13H14ClF3N2O4S/c1-7-5-19(8(2)6-22-3)10-4-9(14)12(18-11(7)10)23-24(20,21)13(15,16)17/h4-5,8H,6H2,1-3H3/t8-/m0/s1. The van der Waals surface area contributed by atoms with Crippen molar-refractivity contribution in [2.24, 2.45) is 0 Å². The number of halogens is 4. The molecule has 2 aromatic heterocycles. The minimum Gasteiger partial charge on any atom is -0.383 e. The van der Waals surface area contributed by atoms with Crippen molar-refractivity contribution < 1.29 is 30.5 Å². The van der Waals surface area contributed by atoms with Crippen LogP contribution in [0.25, 0.3) is 11.0 Å². The van der Waals surface area contributed by atoms with Gasteiger partial charge < -0.3 is 13.5 Å². The normalized spacial score (nSPS) is 14.1. The van der Waals surface area contributed by atoms with Gasteiger partial charge in [-0.05, 0) is 25.5 Å². The molecule has 0 aliphatic carbocycles. The molecule has 2 heterocycles. The summed E-state index contributed by atoms with van der Waals surface area (Å²) < 4.78 is 70.5. The molecule has 0 unspecified atom stereocenters. The summed E-state index contributed by atoms with van der Waals surface area (Å²) in [4.78, 5) is 3.84. The Labute approximate surface area is 141 Å². The van der Waals surface area contributed by atoms with E-state index in [0.29, 0.717) is 17.7 Å². The van der Waals surface area contributed by atoms with Crippen LogP contribution in [0.15, 0.2) is 12.3 Å². The quantitative estimate of drug-likeness (QED) is 0.581. The zero-order chi connectivity index (χ0) is 18.3. The van der Waals surface area contributed by atoms with Crippen molar-refractivity contribution in [3.63, 3.8) is 0 Å². The van der Waals surface area contributed by atoms with Crippen LogP contribution in [0.3, 0.4) is 0 Å². The van der Waals surface area contributed by atoms with E-state index in [1.54, 1.807) is 17.7 Å². The molecule has 0 N–H and O–H groups in total. The van der Waals surface area contributed by atoms with Crippen LogP contribution in [0.5, 0.6) is 5.88 Å². The fraction of sp³-hybridized carbons (Fsp3) is 0.462. The van der Waals surface area contributed by atoms with Crippen molar-refractivity contribution in [2.75, 3.05) is 13.7 Å². The Balaban J connectivity index is 2.54. The lowest BCUT2D eigenvalue weighted by atomic mass is 10.3. The summed E-state index contributed by atoms with van der Waals surface area (Å²) in [5.41, 5.74) is -4.13. The lowest BCUT2D eigenvalue weighted by molar-refractivity contribution is -0.0501. The third-order valence-corrected chi connectivity index (χ3v) is 4.48. The monoisotopic (exact) mass is 386 g/mol. The Morgan fingerprint density at radius 1 is 1.42 bits per heavy atom. The van der Waals surface area contributed by atoms with E-state index in [2.05, 4.69) is 9.17 Å². The number of rotatable bonds is 5. The van der Waals surface area contributed by atoms with E-state index in [0.717, 1.165) is 0 Å². The minimum atomic E-state index is -5.85. The fourth-order valence-electron chi connectivity index (χ4n) is 2.18. The Morgan fingerprint density at radius 2 is 2.04 bits per heavy atom. The SMILES string of the molecule is COC[C@H](C)n1cc(C)c2nc(OS(=O)(=O)C(F)(F)F)c(Cl)cc21. The highest BCUT2D eigenvalue weighted by Gasteiger charge is 2.49. The summed E-state index contributed by atoms with van der Waals surface area (Å²) >= 11 is 5.86. The van der Waals surface area contributed by atoms with Gasteiger partial charge in [-0.25, -0.2) is 4.98 Å². The lowest BCUT2D eigenvalue weighted by Crippen LogP contribution is -2.28. The first kappa shape index (κ1) is 18.8. The summed E-state index contributed by atoms with van der Waals surface area (Å²) in [6.45, 7) is 3.94. The first-order chi connectivity index (χ1) is 11.0. The van der Waals surface area contributed by atoms with E-state index >= 15 is 0 Å². The lowest BCUT2D eigenvalue weighted by Gasteiger charge is -2.14. The van der Waals surface area contributed by atoms with Gasteiger partial charge in [0.15, 0.2) is 0 Å². The molecular weight excluding hydrogens is 373 g/mol. The van der Waals surface area contributed by atoms with E-state index in [9.17, 15) is 21.6 Å². The highest BCUT2D eigenvalue weighted by atomic mass is 35.5. The van der Waals surface area contributed by atoms with Crippen LogP contribution in [0.4, 0.5) is 13.2 Å². The summed E-state index contributed by atoms with van der Waals surface area (Å²) in [6.07, 6.45) is 1.72. The molecule has 1 atom stereocenters. The van der Waals surface area contributed by atoms with Crippen molar-refractivity contribution in [3.8, 4) is 5.88 Å². The average Bonchev–Trinajstić information content (AvgIpc) is 2.75. The molecule has 0 fully saturated rings. The van der Waals surface area contributed by atoms with Gasteiger partial charge in [-0.15, -0.1) is 0 Å². The molecule has 24 heavy (non-hydrogen) atoms. The predicted octanol–water partition coefficient (Wildman–Crippen LogP) is 3.43. The van der Waals surface area contributed by atoms with E-state index in [1.807, 2.05) is 6.92 Å². The molecule has 0 radical (unpaired) electrons. The van der Waals surface area contributed by atoms with Gasteiger partial charge in [-0.1, -0.05) is 11.6 Å². The number of ether oxygens (including phenoxy) is 1. The third-order valence-electron chi connectivity index (χ3n) is 3.26. The molecular formula is C13H14ClF3N2O4S. The smallest absolute Gasteiger partial charge is 0.383 e. The Kier molecular flexibility index (Phi) is 5.03. The van der Waals surface area contributed by atoms with E-state index in [4.69, 9.17) is 16.3 Å². The zero-order valence-electron chi connectivity index (χ0n) is 12.9. The van der Waals surface area contributed by atoms with Crippen molar-refractivity contribution in [3.05, 3.63) is 22.8 Å². The predicted molar refractivity (Wildman–Crippen MR) is 81.7 cm³/mol. The number of pyridine rings is 1. The van der Waals surface area contributed by atoms with Crippen LogP contribution in [0.1, 0.15) is 18.5 Å². The number of alkyl halides is 3. The summed E-state index contributed by atoms with van der Waals surface area (Å²) in [5.74, 6) is -0.818. The molecule has 134 valence electrons. The summed E-state index contributed by atoms with van der Waals surface area (Å²) in [7, 11) is -4.31. The molecule has 0 bridgehead atoms. The molecule has 2 rings (SSSR count). The molecule has 0 aromatic carbocycles. The molecule has 11 heteroatoms. The molecule has 0 amide bonds. The first-order valence-electron chi connectivity index (χ1n) is 6.65. The second-order valence-electron chi connectivity index (χ2n) is 5.15. The van der Waals surface area contributed by atoms with Crippen LogP contribution in [-0.2, 0) is 14.9 Å². The van der Waals surface area contributed by atoms with Gasteiger partial charge in [0.2, 0.25) is 0 Å². The van der Waals surface area contributed by atoms with Gasteiger partial charge >= 0.3 is 15.6 Å². The maximum Gasteiger partial charge on any atom is 0.534 e. The Hall–Kier alpha value is -1.52. The second kappa shape index (κ2) is 6.41. The number of hydrogen-bond acceptors (Lipinski definition) is 5. The van der Waals surface area contributed by atoms with Gasteiger partial charge in [0.25, 0.3) is 5.88 Å². The Bertz CT molecular complexity index is 864. The summed E-state index contributed by atoms with van der Waals surface area (Å²) in [6, 6.07) is 1.22. The van der Waals surface area contributed by atoms with Gasteiger partial charge in [-0.3, -0.25) is 0 Å². The molecule has 2 aromatic rings. The van der Waals surface area contributed by atoms with Crippen LogP contribution < -0.4 is 4.18 Å². The van der Waals surface area contributed by atoms with Crippen molar-refractivity contribution in [1.29, 1.82) is 0 Å². The largest absolute Gasteiger partial charge is 0.534 e. The molecule has 0 saturated heterocycles. The van der Waals surface area contributed by atoms with Gasteiger partial charge in [0.1, 0.15) is 5.02 Å². The maximum atomic E-state index is 12.4. The number of hydrogen-bond donors (Lipinski definition) is 0. The van der Waals surface area contributed by atoms with Crippen LogP contribution in [0.2, 0.25) is 5.02 Å². The second-order valence-corrected chi connectivity index (χ2v) is 7.10. The van der Waals surface area contributed by atoms with Gasteiger partial charge in [-0.2, -0.15) is 21.6 Å². The van der Waals surface area contributed by atoms with Crippen molar-refractivity contribution in [1.82, 2.24) is 9.55 Å². The number of methoxy groups -OCH3 is 1.